The quantitative estimate of drug-likeness (QED) is 0.769. The molecule has 1 aromatic heterocycles. The van der Waals surface area contributed by atoms with E-state index in [1.807, 2.05) is 35.0 Å². The third kappa shape index (κ3) is 2.22. The molecule has 4 nitrogen and oxygen atoms in total. The molecule has 1 saturated heterocycles. The van der Waals surface area contributed by atoms with E-state index in [0.717, 1.165) is 18.0 Å². The van der Waals surface area contributed by atoms with Gasteiger partial charge >= 0.3 is 0 Å². The van der Waals surface area contributed by atoms with Gasteiger partial charge in [0.2, 0.25) is 0 Å². The van der Waals surface area contributed by atoms with Crippen LogP contribution in [0.15, 0.2) is 42.7 Å². The average Bonchev–Trinajstić information content (AvgIpc) is 3.12. The lowest BCUT2D eigenvalue weighted by Crippen LogP contribution is -2.06. The maximum Gasteiger partial charge on any atom is 0.143 e. The maximum absolute atomic E-state index is 8.84. The monoisotopic (exact) mass is 240 g/mol. The number of nitrogens with zero attached hydrogens (tertiary/aromatic N) is 2. The van der Waals surface area contributed by atoms with Crippen LogP contribution in [-0.4, -0.2) is 23.9 Å². The van der Waals surface area contributed by atoms with Crippen molar-refractivity contribution in [2.24, 2.45) is 0 Å². The first-order valence-corrected chi connectivity index (χ1v) is 5.79. The Kier molecular flexibility index (Phi) is 2.75. The number of para-hydroxylation sites is 2. The second kappa shape index (κ2) is 4.55. The third-order valence-corrected chi connectivity index (χ3v) is 2.79. The molecule has 0 saturated carbocycles. The van der Waals surface area contributed by atoms with Crippen LogP contribution in [0.3, 0.4) is 0 Å². The van der Waals surface area contributed by atoms with Crippen molar-refractivity contribution in [1.82, 2.24) is 4.57 Å². The minimum atomic E-state index is 0.234. The Morgan fingerprint density at radius 1 is 1.39 bits per heavy atom. The zero-order valence-electron chi connectivity index (χ0n) is 9.74. The molecule has 1 aliphatic heterocycles. The summed E-state index contributed by atoms with van der Waals surface area (Å²) in [6, 6.07) is 11.7. The number of hydrogen-bond acceptors (Lipinski definition) is 3. The smallest absolute Gasteiger partial charge is 0.143 e. The highest BCUT2D eigenvalue weighted by Gasteiger charge is 2.23. The predicted octanol–water partition coefficient (Wildman–Crippen LogP) is 2.13. The van der Waals surface area contributed by atoms with E-state index in [4.69, 9.17) is 14.7 Å². The molecular weight excluding hydrogens is 228 g/mol. The van der Waals surface area contributed by atoms with Gasteiger partial charge in [0, 0.05) is 12.4 Å². The number of nitriles is 1. The van der Waals surface area contributed by atoms with Crippen molar-refractivity contribution < 1.29 is 9.47 Å². The van der Waals surface area contributed by atoms with Crippen molar-refractivity contribution in [2.75, 3.05) is 13.2 Å². The number of rotatable bonds is 4. The lowest BCUT2D eigenvalue weighted by atomic mass is 10.3. The first-order chi connectivity index (χ1) is 8.86. The van der Waals surface area contributed by atoms with Crippen LogP contribution in [0.2, 0.25) is 0 Å². The molecular formula is C14H12N2O2. The van der Waals surface area contributed by atoms with Gasteiger partial charge in [0.15, 0.2) is 0 Å². The largest absolute Gasteiger partial charge is 0.489 e. The first kappa shape index (κ1) is 10.9. The Hall–Kier alpha value is -2.25. The molecule has 1 aromatic carbocycles. The normalized spacial score (nSPS) is 17.2. The highest BCUT2D eigenvalue weighted by molar-refractivity contribution is 5.48. The summed E-state index contributed by atoms with van der Waals surface area (Å²) in [5, 5.41) is 8.84. The van der Waals surface area contributed by atoms with Gasteiger partial charge in [-0.1, -0.05) is 12.1 Å². The molecule has 0 radical (unpaired) electrons. The van der Waals surface area contributed by atoms with Gasteiger partial charge in [0.05, 0.1) is 17.9 Å². The van der Waals surface area contributed by atoms with Crippen LogP contribution < -0.4 is 4.74 Å². The number of benzene rings is 1. The molecule has 0 unspecified atom stereocenters. The Balaban J connectivity index is 1.87. The lowest BCUT2D eigenvalue weighted by Gasteiger charge is -2.11. The molecule has 0 spiro atoms. The molecule has 1 aliphatic rings. The number of hydrogen-bond donors (Lipinski definition) is 0. The first-order valence-electron chi connectivity index (χ1n) is 5.79. The molecule has 4 heteroatoms. The number of epoxide rings is 1. The summed E-state index contributed by atoms with van der Waals surface area (Å²) in [5.74, 6) is 0.799. The number of ether oxygens (including phenoxy) is 2. The van der Waals surface area contributed by atoms with Crippen LogP contribution in [0.1, 0.15) is 5.56 Å². The van der Waals surface area contributed by atoms with E-state index in [9.17, 15) is 0 Å². The SMILES string of the molecule is N#Cc1ccn(-c2ccccc2OC[C@@H]2CO2)c1. The van der Waals surface area contributed by atoms with Gasteiger partial charge in [-0.15, -0.1) is 0 Å². The summed E-state index contributed by atoms with van der Waals surface area (Å²) >= 11 is 0. The predicted molar refractivity (Wildman–Crippen MR) is 65.7 cm³/mol. The second-order valence-electron chi connectivity index (χ2n) is 4.15. The van der Waals surface area contributed by atoms with E-state index in [-0.39, 0.29) is 6.10 Å². The van der Waals surface area contributed by atoms with E-state index in [0.29, 0.717) is 12.2 Å². The second-order valence-corrected chi connectivity index (χ2v) is 4.15. The van der Waals surface area contributed by atoms with Crippen LogP contribution >= 0.6 is 0 Å². The van der Waals surface area contributed by atoms with E-state index in [1.54, 1.807) is 12.3 Å². The molecule has 1 atom stereocenters. The van der Waals surface area contributed by atoms with E-state index in [1.165, 1.54) is 0 Å². The molecule has 0 bridgehead atoms. The molecule has 1 fully saturated rings. The van der Waals surface area contributed by atoms with Crippen LogP contribution in [0.25, 0.3) is 5.69 Å². The van der Waals surface area contributed by atoms with Crippen molar-refractivity contribution in [1.29, 1.82) is 5.26 Å². The minimum Gasteiger partial charge on any atom is -0.489 e. The highest BCUT2D eigenvalue weighted by atomic mass is 16.6. The van der Waals surface area contributed by atoms with Gasteiger partial charge in [-0.05, 0) is 18.2 Å². The Morgan fingerprint density at radius 3 is 2.94 bits per heavy atom. The number of aromatic nitrogens is 1. The van der Waals surface area contributed by atoms with Crippen LogP contribution in [-0.2, 0) is 4.74 Å². The Labute approximate surface area is 105 Å². The molecule has 0 amide bonds. The van der Waals surface area contributed by atoms with Gasteiger partial charge < -0.3 is 14.0 Å². The van der Waals surface area contributed by atoms with Crippen molar-refractivity contribution in [3.63, 3.8) is 0 Å². The molecule has 18 heavy (non-hydrogen) atoms. The zero-order valence-corrected chi connectivity index (χ0v) is 9.74. The van der Waals surface area contributed by atoms with Crippen molar-refractivity contribution in [2.45, 2.75) is 6.10 Å². The maximum atomic E-state index is 8.84. The van der Waals surface area contributed by atoms with Crippen molar-refractivity contribution >= 4 is 0 Å². The van der Waals surface area contributed by atoms with Crippen LogP contribution in [0.5, 0.6) is 5.75 Å². The van der Waals surface area contributed by atoms with Crippen molar-refractivity contribution in [3.8, 4) is 17.5 Å². The van der Waals surface area contributed by atoms with Gasteiger partial charge in [0.25, 0.3) is 0 Å². The molecule has 3 rings (SSSR count). The zero-order chi connectivity index (χ0) is 12.4. The van der Waals surface area contributed by atoms with Gasteiger partial charge in [-0.25, -0.2) is 0 Å². The third-order valence-electron chi connectivity index (χ3n) is 2.79. The van der Waals surface area contributed by atoms with Crippen LogP contribution in [0, 0.1) is 11.3 Å². The molecule has 2 heterocycles. The highest BCUT2D eigenvalue weighted by Crippen LogP contribution is 2.24. The summed E-state index contributed by atoms with van der Waals surface area (Å²) in [6.45, 7) is 1.35. The molecule has 2 aromatic rings. The Morgan fingerprint density at radius 2 is 2.22 bits per heavy atom. The van der Waals surface area contributed by atoms with Gasteiger partial charge in [0.1, 0.15) is 24.5 Å². The molecule has 0 aliphatic carbocycles. The summed E-state index contributed by atoms with van der Waals surface area (Å²) in [7, 11) is 0. The summed E-state index contributed by atoms with van der Waals surface area (Å²) in [4.78, 5) is 0. The summed E-state index contributed by atoms with van der Waals surface area (Å²) in [6.07, 6.45) is 3.88. The van der Waals surface area contributed by atoms with E-state index >= 15 is 0 Å². The van der Waals surface area contributed by atoms with Gasteiger partial charge in [-0.2, -0.15) is 5.26 Å². The molecule has 90 valence electrons. The Bertz CT molecular complexity index is 594. The fourth-order valence-electron chi connectivity index (χ4n) is 1.75. The molecule has 0 N–H and O–H groups in total. The fraction of sp³-hybridized carbons (Fsp3) is 0.214. The fourth-order valence-corrected chi connectivity index (χ4v) is 1.75. The minimum absolute atomic E-state index is 0.234. The average molecular weight is 240 g/mol. The standard InChI is InChI=1S/C14H12N2O2/c15-7-11-5-6-16(8-11)13-3-1-2-4-14(13)18-10-12-9-17-12/h1-6,8,12H,9-10H2/t12-/m0/s1. The summed E-state index contributed by atoms with van der Waals surface area (Å²) < 4.78 is 12.7. The lowest BCUT2D eigenvalue weighted by molar-refractivity contribution is 0.262. The van der Waals surface area contributed by atoms with Gasteiger partial charge in [-0.3, -0.25) is 0 Å². The van der Waals surface area contributed by atoms with E-state index in [2.05, 4.69) is 6.07 Å². The summed E-state index contributed by atoms with van der Waals surface area (Å²) in [5.41, 5.74) is 1.56. The van der Waals surface area contributed by atoms with E-state index < -0.39 is 0 Å². The van der Waals surface area contributed by atoms with Crippen molar-refractivity contribution in [3.05, 3.63) is 48.3 Å². The van der Waals surface area contributed by atoms with Crippen LogP contribution in [0.4, 0.5) is 0 Å². The topological polar surface area (TPSA) is 50.5 Å².